The van der Waals surface area contributed by atoms with Crippen molar-refractivity contribution in [3.8, 4) is 0 Å². The van der Waals surface area contributed by atoms with Gasteiger partial charge in [0.15, 0.2) is 11.6 Å². The minimum absolute atomic E-state index is 0.164. The SMILES string of the molecule is O=S(=O)(c1ccccc1)N1CCc2c([nH]c3ccccc23)[C@H]1c1ccc(F)c(F)c1. The second kappa shape index (κ2) is 7.04. The molecule has 1 atom stereocenters. The topological polar surface area (TPSA) is 53.2 Å². The summed E-state index contributed by atoms with van der Waals surface area (Å²) in [6.07, 6.45) is 0.519. The molecule has 0 amide bonds. The van der Waals surface area contributed by atoms with Crippen LogP contribution in [0.4, 0.5) is 8.78 Å². The number of fused-ring (bicyclic) bond motifs is 3. The number of H-pyrrole nitrogens is 1. The molecule has 0 bridgehead atoms. The molecule has 0 radical (unpaired) electrons. The Hall–Kier alpha value is -3.03. The number of nitrogens with zero attached hydrogens (tertiary/aromatic N) is 1. The average Bonchev–Trinajstić information content (AvgIpc) is 3.14. The maximum Gasteiger partial charge on any atom is 0.244 e. The summed E-state index contributed by atoms with van der Waals surface area (Å²) in [6.45, 7) is 0.232. The first kappa shape index (κ1) is 19.0. The van der Waals surface area contributed by atoms with Crippen LogP contribution in [0.2, 0.25) is 0 Å². The Labute approximate surface area is 172 Å². The van der Waals surface area contributed by atoms with E-state index in [9.17, 15) is 17.2 Å². The predicted molar refractivity (Wildman–Crippen MR) is 111 cm³/mol. The Balaban J connectivity index is 1.74. The number of rotatable bonds is 3. The summed E-state index contributed by atoms with van der Waals surface area (Å²) in [5.41, 5.74) is 2.95. The molecular weight excluding hydrogens is 406 g/mol. The molecule has 0 fully saturated rings. The molecule has 0 spiro atoms. The summed E-state index contributed by atoms with van der Waals surface area (Å²) in [4.78, 5) is 3.49. The van der Waals surface area contributed by atoms with E-state index in [-0.39, 0.29) is 11.4 Å². The largest absolute Gasteiger partial charge is 0.357 e. The molecule has 4 aromatic rings. The van der Waals surface area contributed by atoms with Crippen molar-refractivity contribution >= 4 is 20.9 Å². The second-order valence-corrected chi connectivity index (χ2v) is 9.21. The van der Waals surface area contributed by atoms with Gasteiger partial charge in [0.2, 0.25) is 10.0 Å². The lowest BCUT2D eigenvalue weighted by Crippen LogP contribution is -2.40. The van der Waals surface area contributed by atoms with Gasteiger partial charge in [-0.2, -0.15) is 4.31 Å². The highest BCUT2D eigenvalue weighted by Gasteiger charge is 2.39. The van der Waals surface area contributed by atoms with Gasteiger partial charge in [-0.1, -0.05) is 42.5 Å². The van der Waals surface area contributed by atoms with Crippen molar-refractivity contribution in [2.45, 2.75) is 17.4 Å². The van der Waals surface area contributed by atoms with Crippen molar-refractivity contribution in [2.75, 3.05) is 6.54 Å². The normalized spacial score (nSPS) is 17.2. The van der Waals surface area contributed by atoms with Crippen molar-refractivity contribution < 1.29 is 17.2 Å². The van der Waals surface area contributed by atoms with Crippen molar-refractivity contribution in [1.82, 2.24) is 9.29 Å². The molecule has 4 nitrogen and oxygen atoms in total. The molecule has 152 valence electrons. The molecule has 1 aromatic heterocycles. The van der Waals surface area contributed by atoms with Gasteiger partial charge in [-0.15, -0.1) is 0 Å². The number of nitrogens with one attached hydrogen (secondary N) is 1. The van der Waals surface area contributed by atoms with E-state index in [1.54, 1.807) is 30.3 Å². The van der Waals surface area contributed by atoms with Crippen LogP contribution in [0.5, 0.6) is 0 Å². The van der Waals surface area contributed by atoms with Crippen LogP contribution in [0.1, 0.15) is 22.9 Å². The molecule has 1 aliphatic rings. The maximum atomic E-state index is 14.1. The fraction of sp³-hybridized carbons (Fsp3) is 0.130. The molecule has 5 rings (SSSR count). The number of benzene rings is 3. The first-order valence-electron chi connectivity index (χ1n) is 9.58. The summed E-state index contributed by atoms with van der Waals surface area (Å²) >= 11 is 0. The molecule has 1 N–H and O–H groups in total. The number of hydrogen-bond donors (Lipinski definition) is 1. The molecule has 0 saturated carbocycles. The van der Waals surface area contributed by atoms with Crippen LogP contribution in [0.15, 0.2) is 77.7 Å². The van der Waals surface area contributed by atoms with Crippen LogP contribution in [-0.2, 0) is 16.4 Å². The Morgan fingerprint density at radius 2 is 1.63 bits per heavy atom. The van der Waals surface area contributed by atoms with Gasteiger partial charge in [0, 0.05) is 23.1 Å². The molecule has 3 aromatic carbocycles. The lowest BCUT2D eigenvalue weighted by molar-refractivity contribution is 0.339. The van der Waals surface area contributed by atoms with Gasteiger partial charge in [0.1, 0.15) is 0 Å². The third kappa shape index (κ3) is 2.93. The average molecular weight is 424 g/mol. The van der Waals surface area contributed by atoms with Crippen LogP contribution in [0.25, 0.3) is 10.9 Å². The standard InChI is InChI=1S/C23H18F2N2O2S/c24-19-11-10-15(14-20(19)25)23-22-18(17-8-4-5-9-21(17)26-22)12-13-27(23)30(28,29)16-6-2-1-3-7-16/h1-11,14,23,26H,12-13H2/t23-/m1/s1. The highest BCUT2D eigenvalue weighted by atomic mass is 32.2. The minimum atomic E-state index is -3.87. The number of aromatic amines is 1. The van der Waals surface area contributed by atoms with Gasteiger partial charge >= 0.3 is 0 Å². The Bertz CT molecular complexity index is 1350. The minimum Gasteiger partial charge on any atom is -0.357 e. The summed E-state index contributed by atoms with van der Waals surface area (Å²) in [7, 11) is -3.87. The molecule has 1 aliphatic heterocycles. The fourth-order valence-corrected chi connectivity index (χ4v) is 5.83. The highest BCUT2D eigenvalue weighted by Crippen LogP contribution is 2.41. The smallest absolute Gasteiger partial charge is 0.244 e. The van der Waals surface area contributed by atoms with Gasteiger partial charge in [-0.3, -0.25) is 0 Å². The lowest BCUT2D eigenvalue weighted by atomic mass is 9.94. The van der Waals surface area contributed by atoms with E-state index in [4.69, 9.17) is 0 Å². The zero-order valence-electron chi connectivity index (χ0n) is 15.8. The molecule has 7 heteroatoms. The van der Waals surface area contributed by atoms with Gasteiger partial charge in [0.25, 0.3) is 0 Å². The Kier molecular flexibility index (Phi) is 4.45. The van der Waals surface area contributed by atoms with Gasteiger partial charge in [-0.05, 0) is 47.9 Å². The number of sulfonamides is 1. The third-order valence-corrected chi connectivity index (χ3v) is 7.48. The van der Waals surface area contributed by atoms with E-state index in [1.165, 1.54) is 10.4 Å². The number of hydrogen-bond acceptors (Lipinski definition) is 2. The van der Waals surface area contributed by atoms with Crippen LogP contribution >= 0.6 is 0 Å². The lowest BCUT2D eigenvalue weighted by Gasteiger charge is -2.35. The maximum absolute atomic E-state index is 14.1. The highest BCUT2D eigenvalue weighted by molar-refractivity contribution is 7.89. The van der Waals surface area contributed by atoms with E-state index in [2.05, 4.69) is 4.98 Å². The molecule has 0 aliphatic carbocycles. The molecule has 30 heavy (non-hydrogen) atoms. The van der Waals surface area contributed by atoms with Crippen LogP contribution in [-0.4, -0.2) is 24.3 Å². The first-order chi connectivity index (χ1) is 14.5. The quantitative estimate of drug-likeness (QED) is 0.515. The van der Waals surface area contributed by atoms with Crippen LogP contribution < -0.4 is 0 Å². The summed E-state index contributed by atoms with van der Waals surface area (Å²) < 4.78 is 56.1. The molecular formula is C23H18F2N2O2S. The van der Waals surface area contributed by atoms with Gasteiger partial charge in [0.05, 0.1) is 10.9 Å². The molecule has 0 unspecified atom stereocenters. The summed E-state index contributed by atoms with van der Waals surface area (Å²) in [5, 5.41) is 1.01. The van der Waals surface area contributed by atoms with Crippen LogP contribution in [0.3, 0.4) is 0 Å². The second-order valence-electron chi connectivity index (χ2n) is 7.32. The Morgan fingerprint density at radius 1 is 0.900 bits per heavy atom. The van der Waals surface area contributed by atoms with E-state index in [0.717, 1.165) is 28.6 Å². The van der Waals surface area contributed by atoms with E-state index < -0.39 is 27.7 Å². The van der Waals surface area contributed by atoms with E-state index in [0.29, 0.717) is 17.7 Å². The zero-order chi connectivity index (χ0) is 20.9. The van der Waals surface area contributed by atoms with Gasteiger partial charge in [-0.25, -0.2) is 17.2 Å². The van der Waals surface area contributed by atoms with E-state index in [1.807, 2.05) is 24.3 Å². The number of aromatic nitrogens is 1. The molecule has 0 saturated heterocycles. The van der Waals surface area contributed by atoms with Crippen molar-refractivity contribution in [2.24, 2.45) is 0 Å². The summed E-state index contributed by atoms with van der Waals surface area (Å²) in [6, 6.07) is 18.7. The van der Waals surface area contributed by atoms with Crippen molar-refractivity contribution in [1.29, 1.82) is 0 Å². The summed E-state index contributed by atoms with van der Waals surface area (Å²) in [5.74, 6) is -1.98. The fourth-order valence-electron chi connectivity index (χ4n) is 4.22. The van der Waals surface area contributed by atoms with Crippen molar-refractivity contribution in [3.05, 3.63) is 101 Å². The molecule has 2 heterocycles. The monoisotopic (exact) mass is 424 g/mol. The third-order valence-electron chi connectivity index (χ3n) is 5.60. The van der Waals surface area contributed by atoms with Crippen molar-refractivity contribution in [3.63, 3.8) is 0 Å². The predicted octanol–water partition coefficient (Wildman–Crippen LogP) is 4.78. The Morgan fingerprint density at radius 3 is 2.40 bits per heavy atom. The zero-order valence-corrected chi connectivity index (χ0v) is 16.7. The van der Waals surface area contributed by atoms with Gasteiger partial charge < -0.3 is 4.98 Å². The van der Waals surface area contributed by atoms with Crippen LogP contribution in [0, 0.1) is 11.6 Å². The number of para-hydroxylation sites is 1. The van der Waals surface area contributed by atoms with E-state index >= 15 is 0 Å². The first-order valence-corrected chi connectivity index (χ1v) is 11.0. The number of halogens is 2.